The van der Waals surface area contributed by atoms with Crippen molar-refractivity contribution < 1.29 is 13.2 Å². The van der Waals surface area contributed by atoms with E-state index in [0.717, 1.165) is 6.42 Å². The highest BCUT2D eigenvalue weighted by molar-refractivity contribution is 9.10. The molecule has 1 atom stereocenters. The van der Waals surface area contributed by atoms with Crippen LogP contribution in [0.4, 0.5) is 5.69 Å². The van der Waals surface area contributed by atoms with Gasteiger partial charge in [0.15, 0.2) is 0 Å². The zero-order chi connectivity index (χ0) is 17.7. The van der Waals surface area contributed by atoms with Gasteiger partial charge in [-0.25, -0.2) is 8.42 Å². The van der Waals surface area contributed by atoms with Crippen LogP contribution in [0.1, 0.15) is 30.6 Å². The van der Waals surface area contributed by atoms with E-state index in [1.165, 1.54) is 12.1 Å². The van der Waals surface area contributed by atoms with Crippen LogP contribution in [0.25, 0.3) is 0 Å². The molecule has 0 aromatic heterocycles. The lowest BCUT2D eigenvalue weighted by Crippen LogP contribution is -2.32. The van der Waals surface area contributed by atoms with Gasteiger partial charge in [-0.05, 0) is 43.7 Å². The van der Waals surface area contributed by atoms with Crippen molar-refractivity contribution in [2.45, 2.75) is 31.2 Å². The first-order valence-corrected chi connectivity index (χ1v) is 9.79. The molecule has 0 heterocycles. The molecule has 0 fully saturated rings. The third kappa shape index (κ3) is 4.58. The number of benzene rings is 2. The lowest BCUT2D eigenvalue weighted by molar-refractivity contribution is 0.0940. The van der Waals surface area contributed by atoms with Crippen molar-refractivity contribution in [3.8, 4) is 0 Å². The first-order valence-electron chi connectivity index (χ1n) is 7.51. The summed E-state index contributed by atoms with van der Waals surface area (Å²) >= 11 is 3.26. The largest absolute Gasteiger partial charge is 0.350 e. The Bertz CT molecular complexity index is 837. The maximum absolute atomic E-state index is 12.5. The van der Waals surface area contributed by atoms with Gasteiger partial charge in [-0.2, -0.15) is 0 Å². The summed E-state index contributed by atoms with van der Waals surface area (Å²) in [7, 11) is -3.79. The molecule has 2 aromatic rings. The second-order valence-corrected chi connectivity index (χ2v) is 7.99. The van der Waals surface area contributed by atoms with E-state index in [-0.39, 0.29) is 28.1 Å². The fourth-order valence-corrected chi connectivity index (χ4v) is 3.69. The summed E-state index contributed by atoms with van der Waals surface area (Å²) in [5, 5.41) is 2.84. The molecule has 2 rings (SSSR count). The first-order chi connectivity index (χ1) is 11.3. The Morgan fingerprint density at radius 1 is 1.17 bits per heavy atom. The van der Waals surface area contributed by atoms with Gasteiger partial charge < -0.3 is 5.32 Å². The average Bonchev–Trinajstić information content (AvgIpc) is 2.54. The zero-order valence-corrected chi connectivity index (χ0v) is 15.8. The van der Waals surface area contributed by atoms with Gasteiger partial charge in [-0.3, -0.25) is 9.52 Å². The van der Waals surface area contributed by atoms with Crippen molar-refractivity contribution in [2.24, 2.45) is 0 Å². The number of para-hydroxylation sites is 1. The Morgan fingerprint density at radius 2 is 1.88 bits per heavy atom. The summed E-state index contributed by atoms with van der Waals surface area (Å²) in [6.07, 6.45) is 0.789. The molecule has 0 radical (unpaired) electrons. The number of carbonyl (C=O) groups excluding carboxylic acids is 1. The lowest BCUT2D eigenvalue weighted by atomic mass is 10.1. The van der Waals surface area contributed by atoms with E-state index in [0.29, 0.717) is 4.47 Å². The molecule has 0 spiro atoms. The monoisotopic (exact) mass is 410 g/mol. The highest BCUT2D eigenvalue weighted by Crippen LogP contribution is 2.22. The molecule has 2 aromatic carbocycles. The average molecular weight is 411 g/mol. The predicted octanol–water partition coefficient (Wildman–Crippen LogP) is 3.78. The number of hydrogen-bond donors (Lipinski definition) is 2. The standard InChI is InChI=1S/C17H19BrN2O3S/c1-3-12(2)19-17(21)15-9-4-5-10-16(15)20-24(22,23)14-8-6-7-13(18)11-14/h4-12,20H,3H2,1-2H3,(H,19,21)/t12-/m0/s1. The van der Waals surface area contributed by atoms with Crippen molar-refractivity contribution in [1.29, 1.82) is 0 Å². The highest BCUT2D eigenvalue weighted by atomic mass is 79.9. The smallest absolute Gasteiger partial charge is 0.261 e. The van der Waals surface area contributed by atoms with Gasteiger partial charge in [0.05, 0.1) is 16.1 Å². The Hall–Kier alpha value is -1.86. The number of sulfonamides is 1. The van der Waals surface area contributed by atoms with Crippen LogP contribution in [0.15, 0.2) is 57.9 Å². The van der Waals surface area contributed by atoms with Crippen LogP contribution < -0.4 is 10.0 Å². The van der Waals surface area contributed by atoms with Gasteiger partial charge in [0.25, 0.3) is 15.9 Å². The van der Waals surface area contributed by atoms with Gasteiger partial charge in [0, 0.05) is 10.5 Å². The lowest BCUT2D eigenvalue weighted by Gasteiger charge is -2.15. The normalized spacial score (nSPS) is 12.5. The van der Waals surface area contributed by atoms with Gasteiger partial charge in [-0.15, -0.1) is 0 Å². The topological polar surface area (TPSA) is 75.3 Å². The van der Waals surface area contributed by atoms with Crippen LogP contribution in [0.5, 0.6) is 0 Å². The van der Waals surface area contributed by atoms with Gasteiger partial charge in [-0.1, -0.05) is 41.1 Å². The number of amides is 1. The van der Waals surface area contributed by atoms with E-state index < -0.39 is 10.0 Å². The second-order valence-electron chi connectivity index (χ2n) is 5.39. The van der Waals surface area contributed by atoms with Gasteiger partial charge >= 0.3 is 0 Å². The summed E-state index contributed by atoms with van der Waals surface area (Å²) in [5.41, 5.74) is 0.537. The van der Waals surface area contributed by atoms with E-state index in [1.54, 1.807) is 36.4 Å². The van der Waals surface area contributed by atoms with Crippen LogP contribution in [-0.4, -0.2) is 20.4 Å². The van der Waals surface area contributed by atoms with Crippen LogP contribution in [0.3, 0.4) is 0 Å². The molecule has 0 saturated heterocycles. The van der Waals surface area contributed by atoms with Crippen molar-refractivity contribution in [3.05, 3.63) is 58.6 Å². The number of rotatable bonds is 6. The van der Waals surface area contributed by atoms with E-state index in [1.807, 2.05) is 13.8 Å². The summed E-state index contributed by atoms with van der Waals surface area (Å²) < 4.78 is 28.2. The summed E-state index contributed by atoms with van der Waals surface area (Å²) in [4.78, 5) is 12.5. The highest BCUT2D eigenvalue weighted by Gasteiger charge is 2.19. The maximum atomic E-state index is 12.5. The Kier molecular flexibility index (Phi) is 6.01. The molecule has 0 aliphatic rings. The molecule has 0 saturated carbocycles. The molecule has 24 heavy (non-hydrogen) atoms. The fraction of sp³-hybridized carbons (Fsp3) is 0.235. The third-order valence-corrected chi connectivity index (χ3v) is 5.37. The van der Waals surface area contributed by atoms with Crippen LogP contribution in [-0.2, 0) is 10.0 Å². The molecule has 0 unspecified atom stereocenters. The number of carbonyl (C=O) groups is 1. The molecule has 128 valence electrons. The number of nitrogens with one attached hydrogen (secondary N) is 2. The van der Waals surface area contributed by atoms with Crippen LogP contribution in [0, 0.1) is 0 Å². The van der Waals surface area contributed by atoms with Crippen molar-refractivity contribution >= 4 is 37.5 Å². The predicted molar refractivity (Wildman–Crippen MR) is 98.6 cm³/mol. The summed E-state index contributed by atoms with van der Waals surface area (Å²) in [6, 6.07) is 12.9. The van der Waals surface area contributed by atoms with Crippen molar-refractivity contribution in [3.63, 3.8) is 0 Å². The molecule has 0 aliphatic heterocycles. The quantitative estimate of drug-likeness (QED) is 0.760. The zero-order valence-electron chi connectivity index (χ0n) is 13.4. The van der Waals surface area contributed by atoms with Crippen LogP contribution >= 0.6 is 15.9 Å². The molecule has 0 bridgehead atoms. The van der Waals surface area contributed by atoms with Crippen LogP contribution in [0.2, 0.25) is 0 Å². The Morgan fingerprint density at radius 3 is 2.54 bits per heavy atom. The van der Waals surface area contributed by atoms with E-state index in [9.17, 15) is 13.2 Å². The maximum Gasteiger partial charge on any atom is 0.261 e. The molecular weight excluding hydrogens is 392 g/mol. The van der Waals surface area contributed by atoms with Gasteiger partial charge in [0.1, 0.15) is 0 Å². The number of halogens is 1. The Labute approximate surface area is 150 Å². The van der Waals surface area contributed by atoms with E-state index in [4.69, 9.17) is 0 Å². The number of anilines is 1. The first kappa shape index (κ1) is 18.5. The molecule has 7 heteroatoms. The number of hydrogen-bond acceptors (Lipinski definition) is 3. The third-order valence-electron chi connectivity index (χ3n) is 3.51. The van der Waals surface area contributed by atoms with Crippen molar-refractivity contribution in [2.75, 3.05) is 4.72 Å². The minimum atomic E-state index is -3.79. The minimum Gasteiger partial charge on any atom is -0.350 e. The van der Waals surface area contributed by atoms with Gasteiger partial charge in [0.2, 0.25) is 0 Å². The van der Waals surface area contributed by atoms with Crippen molar-refractivity contribution in [1.82, 2.24) is 5.32 Å². The Balaban J connectivity index is 2.32. The molecule has 5 nitrogen and oxygen atoms in total. The summed E-state index contributed by atoms with van der Waals surface area (Å²) in [5.74, 6) is -0.308. The molecular formula is C17H19BrN2O3S. The SMILES string of the molecule is CC[C@H](C)NC(=O)c1ccccc1NS(=O)(=O)c1cccc(Br)c1. The summed E-state index contributed by atoms with van der Waals surface area (Å²) in [6.45, 7) is 3.86. The fourth-order valence-electron chi connectivity index (χ4n) is 2.01. The molecule has 0 aliphatic carbocycles. The van der Waals surface area contributed by atoms with E-state index >= 15 is 0 Å². The second kappa shape index (κ2) is 7.81. The minimum absolute atomic E-state index is 0.00671. The van der Waals surface area contributed by atoms with E-state index in [2.05, 4.69) is 26.0 Å². The molecule has 1 amide bonds. The molecule has 2 N–H and O–H groups in total.